The number of nitriles is 1. The SMILES string of the molecule is CC(=CC(=O)Nc1ccc(C#N)c(C(F)(F)F)c1)n1cc(F)cn1. The van der Waals surface area contributed by atoms with Crippen molar-refractivity contribution in [3.05, 3.63) is 53.6 Å². The van der Waals surface area contributed by atoms with E-state index < -0.39 is 29.0 Å². The fourth-order valence-corrected chi connectivity index (χ4v) is 1.88. The number of nitrogens with one attached hydrogen (secondary N) is 1. The zero-order valence-electron chi connectivity index (χ0n) is 12.2. The summed E-state index contributed by atoms with van der Waals surface area (Å²) in [4.78, 5) is 11.8. The number of aromatic nitrogens is 2. The first kappa shape index (κ1) is 17.2. The number of benzene rings is 1. The van der Waals surface area contributed by atoms with Crippen molar-refractivity contribution in [1.29, 1.82) is 5.26 Å². The second-order valence-electron chi connectivity index (χ2n) is 4.75. The summed E-state index contributed by atoms with van der Waals surface area (Å²) in [6.07, 6.45) is -1.67. The molecule has 0 atom stereocenters. The van der Waals surface area contributed by atoms with Gasteiger partial charge in [0.2, 0.25) is 5.91 Å². The largest absolute Gasteiger partial charge is 0.417 e. The van der Waals surface area contributed by atoms with Crippen LogP contribution in [0.25, 0.3) is 5.70 Å². The molecule has 5 nitrogen and oxygen atoms in total. The van der Waals surface area contributed by atoms with Crippen LogP contribution in [0.1, 0.15) is 18.1 Å². The molecule has 0 radical (unpaired) electrons. The molecule has 0 spiro atoms. The van der Waals surface area contributed by atoms with Gasteiger partial charge in [0.1, 0.15) is 0 Å². The van der Waals surface area contributed by atoms with E-state index in [0.29, 0.717) is 6.07 Å². The predicted octanol–water partition coefficient (Wildman–Crippen LogP) is 3.41. The maximum absolute atomic E-state index is 12.9. The van der Waals surface area contributed by atoms with E-state index in [9.17, 15) is 22.4 Å². The number of anilines is 1. The lowest BCUT2D eigenvalue weighted by Crippen LogP contribution is -2.13. The van der Waals surface area contributed by atoms with E-state index in [4.69, 9.17) is 5.26 Å². The number of hydrogen-bond acceptors (Lipinski definition) is 3. The molecule has 2 aromatic rings. The average Bonchev–Trinajstić information content (AvgIpc) is 2.93. The van der Waals surface area contributed by atoms with Crippen LogP contribution in [0.4, 0.5) is 23.2 Å². The Hall–Kier alpha value is -3.15. The summed E-state index contributed by atoms with van der Waals surface area (Å²) in [5.74, 6) is -1.31. The highest BCUT2D eigenvalue weighted by atomic mass is 19.4. The van der Waals surface area contributed by atoms with Crippen molar-refractivity contribution in [1.82, 2.24) is 9.78 Å². The van der Waals surface area contributed by atoms with E-state index >= 15 is 0 Å². The lowest BCUT2D eigenvalue weighted by atomic mass is 10.1. The van der Waals surface area contributed by atoms with Gasteiger partial charge in [-0.2, -0.15) is 23.5 Å². The smallest absolute Gasteiger partial charge is 0.322 e. The molecule has 0 saturated heterocycles. The quantitative estimate of drug-likeness (QED) is 0.689. The van der Waals surface area contributed by atoms with Crippen LogP contribution in [0.3, 0.4) is 0 Å². The van der Waals surface area contributed by atoms with E-state index in [0.717, 1.165) is 29.2 Å². The van der Waals surface area contributed by atoms with Gasteiger partial charge in [0.15, 0.2) is 5.82 Å². The molecule has 0 saturated carbocycles. The normalized spacial score (nSPS) is 11.9. The van der Waals surface area contributed by atoms with Crippen LogP contribution in [0.5, 0.6) is 0 Å². The Labute approximate surface area is 133 Å². The number of amides is 1. The lowest BCUT2D eigenvalue weighted by Gasteiger charge is -2.11. The molecule has 1 aromatic heterocycles. The van der Waals surface area contributed by atoms with Gasteiger partial charge in [0.25, 0.3) is 0 Å². The molecule has 0 fully saturated rings. The van der Waals surface area contributed by atoms with Crippen molar-refractivity contribution in [2.75, 3.05) is 5.32 Å². The van der Waals surface area contributed by atoms with Crippen LogP contribution in [0.15, 0.2) is 36.7 Å². The molecule has 1 amide bonds. The minimum atomic E-state index is -4.72. The Morgan fingerprint density at radius 2 is 2.12 bits per heavy atom. The van der Waals surface area contributed by atoms with Crippen LogP contribution in [0, 0.1) is 17.1 Å². The van der Waals surface area contributed by atoms with Crippen LogP contribution < -0.4 is 5.32 Å². The standard InChI is InChI=1S/C15H10F4N4O/c1-9(23-8-11(16)7-21-23)4-14(24)22-12-3-2-10(6-20)13(5-12)15(17,18)19/h2-5,7-8H,1H3,(H,22,24). The maximum atomic E-state index is 12.9. The first-order valence-corrected chi connectivity index (χ1v) is 6.52. The van der Waals surface area contributed by atoms with Gasteiger partial charge in [-0.05, 0) is 25.1 Å². The van der Waals surface area contributed by atoms with Gasteiger partial charge in [-0.1, -0.05) is 0 Å². The van der Waals surface area contributed by atoms with Crippen LogP contribution in [-0.2, 0) is 11.0 Å². The van der Waals surface area contributed by atoms with Crippen molar-refractivity contribution in [3.63, 3.8) is 0 Å². The van der Waals surface area contributed by atoms with Gasteiger partial charge in [-0.3, -0.25) is 4.79 Å². The summed E-state index contributed by atoms with van der Waals surface area (Å²) >= 11 is 0. The molecule has 0 bridgehead atoms. The van der Waals surface area contributed by atoms with Crippen LogP contribution >= 0.6 is 0 Å². The fourth-order valence-electron chi connectivity index (χ4n) is 1.88. The van der Waals surface area contributed by atoms with Crippen molar-refractivity contribution in [3.8, 4) is 6.07 Å². The second-order valence-corrected chi connectivity index (χ2v) is 4.75. The monoisotopic (exact) mass is 338 g/mol. The van der Waals surface area contributed by atoms with E-state index in [-0.39, 0.29) is 11.4 Å². The zero-order valence-corrected chi connectivity index (χ0v) is 12.2. The molecule has 124 valence electrons. The number of alkyl halides is 3. The Morgan fingerprint density at radius 3 is 2.67 bits per heavy atom. The molecule has 0 aliphatic carbocycles. The molecule has 1 heterocycles. The molecule has 0 aliphatic heterocycles. The molecule has 0 unspecified atom stereocenters. The number of rotatable bonds is 3. The number of halogens is 4. The maximum Gasteiger partial charge on any atom is 0.417 e. The summed E-state index contributed by atoms with van der Waals surface area (Å²) in [5.41, 5.74) is -1.54. The lowest BCUT2D eigenvalue weighted by molar-refractivity contribution is -0.137. The average molecular weight is 338 g/mol. The highest BCUT2D eigenvalue weighted by Crippen LogP contribution is 2.33. The highest BCUT2D eigenvalue weighted by Gasteiger charge is 2.33. The summed E-state index contributed by atoms with van der Waals surface area (Å²) in [6.45, 7) is 1.48. The van der Waals surface area contributed by atoms with E-state index in [1.54, 1.807) is 0 Å². The molecular weight excluding hydrogens is 328 g/mol. The first-order valence-electron chi connectivity index (χ1n) is 6.52. The Bertz CT molecular complexity index is 846. The zero-order chi connectivity index (χ0) is 17.9. The van der Waals surface area contributed by atoms with E-state index in [2.05, 4.69) is 10.4 Å². The molecule has 1 N–H and O–H groups in total. The van der Waals surface area contributed by atoms with Gasteiger partial charge in [0.05, 0.1) is 29.6 Å². The summed E-state index contributed by atoms with van der Waals surface area (Å²) in [5, 5.41) is 14.6. The topological polar surface area (TPSA) is 70.7 Å². The minimum absolute atomic E-state index is 0.123. The minimum Gasteiger partial charge on any atom is -0.322 e. The molecular formula is C15H10F4N4O. The Kier molecular flexibility index (Phi) is 4.69. The number of carbonyl (C=O) groups excluding carboxylic acids is 1. The van der Waals surface area contributed by atoms with Crippen molar-refractivity contribution < 1.29 is 22.4 Å². The van der Waals surface area contributed by atoms with Gasteiger partial charge in [-0.25, -0.2) is 9.07 Å². The van der Waals surface area contributed by atoms with Gasteiger partial charge >= 0.3 is 6.18 Å². The van der Waals surface area contributed by atoms with Gasteiger partial charge in [0, 0.05) is 17.5 Å². The molecule has 1 aromatic carbocycles. The highest BCUT2D eigenvalue weighted by molar-refractivity contribution is 6.02. The van der Waals surface area contributed by atoms with E-state index in [1.807, 2.05) is 0 Å². The van der Waals surface area contributed by atoms with Crippen molar-refractivity contribution >= 4 is 17.3 Å². The molecule has 9 heteroatoms. The number of allylic oxidation sites excluding steroid dienone is 1. The van der Waals surface area contributed by atoms with Crippen molar-refractivity contribution in [2.24, 2.45) is 0 Å². The van der Waals surface area contributed by atoms with Crippen LogP contribution in [-0.4, -0.2) is 15.7 Å². The van der Waals surface area contributed by atoms with Crippen LogP contribution in [0.2, 0.25) is 0 Å². The molecule has 2 rings (SSSR count). The summed E-state index contributed by atoms with van der Waals surface area (Å²) < 4.78 is 52.6. The molecule has 0 aliphatic rings. The summed E-state index contributed by atoms with van der Waals surface area (Å²) in [6, 6.07) is 4.27. The number of carbonyl (C=O) groups is 1. The van der Waals surface area contributed by atoms with Gasteiger partial charge < -0.3 is 5.32 Å². The number of hydrogen-bond donors (Lipinski definition) is 1. The Balaban J connectivity index is 2.22. The van der Waals surface area contributed by atoms with Crippen molar-refractivity contribution in [2.45, 2.75) is 13.1 Å². The predicted molar refractivity (Wildman–Crippen MR) is 76.9 cm³/mol. The van der Waals surface area contributed by atoms with E-state index in [1.165, 1.54) is 19.1 Å². The Morgan fingerprint density at radius 1 is 1.42 bits per heavy atom. The fraction of sp³-hybridized carbons (Fsp3) is 0.133. The second kappa shape index (κ2) is 6.54. The number of nitrogens with zero attached hydrogens (tertiary/aromatic N) is 3. The van der Waals surface area contributed by atoms with Gasteiger partial charge in [-0.15, -0.1) is 0 Å². The first-order chi connectivity index (χ1) is 11.2. The third-order valence-electron chi connectivity index (χ3n) is 2.97. The third kappa shape index (κ3) is 3.98. The summed E-state index contributed by atoms with van der Waals surface area (Å²) in [7, 11) is 0. The molecule has 24 heavy (non-hydrogen) atoms. The third-order valence-corrected chi connectivity index (χ3v) is 2.97.